The van der Waals surface area contributed by atoms with Gasteiger partial charge in [-0.25, -0.2) is 9.59 Å². The van der Waals surface area contributed by atoms with Gasteiger partial charge in [-0.1, -0.05) is 12.1 Å². The Morgan fingerprint density at radius 1 is 0.897 bits per heavy atom. The Bertz CT molecular complexity index is 952. The second-order valence-electron chi connectivity index (χ2n) is 6.54. The molecule has 0 saturated heterocycles. The summed E-state index contributed by atoms with van der Waals surface area (Å²) in [6.45, 7) is -0.500. The Morgan fingerprint density at radius 3 is 2.07 bits per heavy atom. The van der Waals surface area contributed by atoms with Crippen LogP contribution in [0.4, 0.5) is 11.4 Å². The zero-order chi connectivity index (χ0) is 20.8. The van der Waals surface area contributed by atoms with Crippen molar-refractivity contribution in [1.29, 1.82) is 0 Å². The molecule has 3 rings (SSSR count). The lowest BCUT2D eigenvalue weighted by Gasteiger charge is -2.09. The van der Waals surface area contributed by atoms with E-state index in [-0.39, 0.29) is 23.0 Å². The molecule has 1 saturated carbocycles. The highest BCUT2D eigenvalue weighted by Crippen LogP contribution is 2.30. The zero-order valence-corrected chi connectivity index (χ0v) is 15.8. The maximum absolute atomic E-state index is 12.2. The average molecular weight is 396 g/mol. The molecule has 1 aliphatic rings. The van der Waals surface area contributed by atoms with Crippen LogP contribution in [0.15, 0.2) is 48.5 Å². The Kier molecular flexibility index (Phi) is 6.23. The number of nitrogens with one attached hydrogen (secondary N) is 2. The standard InChI is InChI=1S/C21H20N2O6/c1-28-20(26)14-4-2-6-16(10-14)22-18(24)12-29-21(27)15-5-3-7-17(11-15)23-19(25)13-8-9-13/h2-7,10-11,13H,8-9,12H2,1H3,(H,22,24)(H,23,25). The molecular formula is C21H20N2O6. The maximum atomic E-state index is 12.2. The zero-order valence-electron chi connectivity index (χ0n) is 15.8. The number of hydrogen-bond donors (Lipinski definition) is 2. The second kappa shape index (κ2) is 9.01. The number of esters is 2. The fourth-order valence-electron chi connectivity index (χ4n) is 2.57. The van der Waals surface area contributed by atoms with Gasteiger partial charge in [0.1, 0.15) is 0 Å². The number of rotatable bonds is 7. The third-order valence-corrected chi connectivity index (χ3v) is 4.22. The first-order chi connectivity index (χ1) is 14.0. The van der Waals surface area contributed by atoms with Crippen LogP contribution in [0.1, 0.15) is 33.6 Å². The van der Waals surface area contributed by atoms with Crippen LogP contribution < -0.4 is 10.6 Å². The number of carbonyl (C=O) groups excluding carboxylic acids is 4. The predicted molar refractivity (Wildman–Crippen MR) is 104 cm³/mol. The van der Waals surface area contributed by atoms with Crippen LogP contribution in [0.2, 0.25) is 0 Å². The van der Waals surface area contributed by atoms with E-state index in [1.165, 1.54) is 25.3 Å². The quantitative estimate of drug-likeness (QED) is 0.696. The van der Waals surface area contributed by atoms with Gasteiger partial charge in [0.25, 0.3) is 5.91 Å². The molecule has 0 unspecified atom stereocenters. The summed E-state index contributed by atoms with van der Waals surface area (Å²) in [7, 11) is 1.26. The van der Waals surface area contributed by atoms with Crippen molar-refractivity contribution in [3.63, 3.8) is 0 Å². The lowest BCUT2D eigenvalue weighted by Crippen LogP contribution is -2.21. The number of benzene rings is 2. The summed E-state index contributed by atoms with van der Waals surface area (Å²) >= 11 is 0. The van der Waals surface area contributed by atoms with Crippen molar-refractivity contribution in [2.45, 2.75) is 12.8 Å². The van der Waals surface area contributed by atoms with Crippen molar-refractivity contribution in [2.75, 3.05) is 24.4 Å². The van der Waals surface area contributed by atoms with E-state index in [1.54, 1.807) is 30.3 Å². The fourth-order valence-corrected chi connectivity index (χ4v) is 2.57. The smallest absolute Gasteiger partial charge is 0.338 e. The summed E-state index contributed by atoms with van der Waals surface area (Å²) in [6, 6.07) is 12.5. The Hall–Kier alpha value is -3.68. The summed E-state index contributed by atoms with van der Waals surface area (Å²) < 4.78 is 9.65. The van der Waals surface area contributed by atoms with Gasteiger partial charge < -0.3 is 20.1 Å². The van der Waals surface area contributed by atoms with E-state index in [9.17, 15) is 19.2 Å². The number of amides is 2. The van der Waals surface area contributed by atoms with E-state index in [1.807, 2.05) is 0 Å². The Balaban J connectivity index is 1.53. The molecule has 0 bridgehead atoms. The molecule has 2 N–H and O–H groups in total. The first-order valence-corrected chi connectivity index (χ1v) is 9.02. The van der Waals surface area contributed by atoms with Gasteiger partial charge in [0.15, 0.2) is 6.61 Å². The first-order valence-electron chi connectivity index (χ1n) is 9.02. The van der Waals surface area contributed by atoms with Gasteiger partial charge in [-0.05, 0) is 49.2 Å². The van der Waals surface area contributed by atoms with Crippen molar-refractivity contribution in [3.8, 4) is 0 Å². The van der Waals surface area contributed by atoms with Crippen LogP contribution >= 0.6 is 0 Å². The molecule has 0 aliphatic heterocycles. The normalized spacial score (nSPS) is 12.6. The second-order valence-corrected chi connectivity index (χ2v) is 6.54. The van der Waals surface area contributed by atoms with Crippen LogP contribution in [-0.2, 0) is 19.1 Å². The molecule has 0 aromatic heterocycles. The molecule has 1 aliphatic carbocycles. The average Bonchev–Trinajstić information content (AvgIpc) is 3.57. The third-order valence-electron chi connectivity index (χ3n) is 4.22. The first kappa shape index (κ1) is 20.1. The molecule has 0 heterocycles. The maximum Gasteiger partial charge on any atom is 0.338 e. The van der Waals surface area contributed by atoms with E-state index in [2.05, 4.69) is 15.4 Å². The van der Waals surface area contributed by atoms with Gasteiger partial charge >= 0.3 is 11.9 Å². The summed E-state index contributed by atoms with van der Waals surface area (Å²) in [5, 5.41) is 5.30. The molecule has 8 nitrogen and oxygen atoms in total. The molecule has 1 fully saturated rings. The van der Waals surface area contributed by atoms with Crippen LogP contribution in [-0.4, -0.2) is 37.5 Å². The topological polar surface area (TPSA) is 111 Å². The summed E-state index contributed by atoms with van der Waals surface area (Å²) in [5.41, 5.74) is 1.38. The van der Waals surface area contributed by atoms with E-state index in [0.29, 0.717) is 11.4 Å². The molecule has 150 valence electrons. The van der Waals surface area contributed by atoms with Gasteiger partial charge in [0, 0.05) is 17.3 Å². The van der Waals surface area contributed by atoms with Gasteiger partial charge in [0.2, 0.25) is 5.91 Å². The minimum absolute atomic E-state index is 0.0481. The van der Waals surface area contributed by atoms with Crippen molar-refractivity contribution >= 4 is 35.1 Å². The minimum Gasteiger partial charge on any atom is -0.465 e. The Labute approximate surface area is 167 Å². The summed E-state index contributed by atoms with van der Waals surface area (Å²) in [4.78, 5) is 47.6. The van der Waals surface area contributed by atoms with E-state index in [0.717, 1.165) is 12.8 Å². The molecule has 2 aromatic rings. The molecule has 0 spiro atoms. The molecule has 2 aromatic carbocycles. The number of ether oxygens (including phenoxy) is 2. The van der Waals surface area contributed by atoms with Crippen LogP contribution in [0.25, 0.3) is 0 Å². The summed E-state index contributed by atoms with van der Waals surface area (Å²) in [6.07, 6.45) is 1.76. The molecule has 2 amide bonds. The molecule has 0 atom stereocenters. The number of carbonyl (C=O) groups is 4. The largest absolute Gasteiger partial charge is 0.465 e. The van der Waals surface area contributed by atoms with Gasteiger partial charge in [-0.2, -0.15) is 0 Å². The molecule has 29 heavy (non-hydrogen) atoms. The third kappa shape index (κ3) is 5.65. The van der Waals surface area contributed by atoms with Crippen molar-refractivity contribution in [2.24, 2.45) is 5.92 Å². The fraction of sp³-hybridized carbons (Fsp3) is 0.238. The highest BCUT2D eigenvalue weighted by atomic mass is 16.5. The van der Waals surface area contributed by atoms with Crippen LogP contribution in [0.5, 0.6) is 0 Å². The molecule has 8 heteroatoms. The van der Waals surface area contributed by atoms with Gasteiger partial charge in [-0.3, -0.25) is 9.59 Å². The SMILES string of the molecule is COC(=O)c1cccc(NC(=O)COC(=O)c2cccc(NC(=O)C3CC3)c2)c1. The van der Waals surface area contributed by atoms with Crippen LogP contribution in [0.3, 0.4) is 0 Å². The minimum atomic E-state index is -0.689. The summed E-state index contributed by atoms with van der Waals surface area (Å²) in [5.74, 6) is -1.79. The predicted octanol–water partition coefficient (Wildman–Crippen LogP) is 2.62. The highest BCUT2D eigenvalue weighted by Gasteiger charge is 2.29. The van der Waals surface area contributed by atoms with Gasteiger partial charge in [-0.15, -0.1) is 0 Å². The van der Waals surface area contributed by atoms with Crippen LogP contribution in [0, 0.1) is 5.92 Å². The number of hydrogen-bond acceptors (Lipinski definition) is 6. The van der Waals surface area contributed by atoms with Gasteiger partial charge in [0.05, 0.1) is 18.2 Å². The van der Waals surface area contributed by atoms with E-state index in [4.69, 9.17) is 4.74 Å². The number of methoxy groups -OCH3 is 1. The van der Waals surface area contributed by atoms with Crippen molar-refractivity contribution in [3.05, 3.63) is 59.7 Å². The lowest BCUT2D eigenvalue weighted by atomic mass is 10.2. The number of anilines is 2. The Morgan fingerprint density at radius 2 is 1.48 bits per heavy atom. The van der Waals surface area contributed by atoms with Crippen molar-refractivity contribution < 1.29 is 28.7 Å². The highest BCUT2D eigenvalue weighted by molar-refractivity contribution is 5.98. The lowest BCUT2D eigenvalue weighted by molar-refractivity contribution is -0.119. The molecular weight excluding hydrogens is 376 g/mol. The van der Waals surface area contributed by atoms with Crippen molar-refractivity contribution in [1.82, 2.24) is 0 Å². The van der Waals surface area contributed by atoms with E-state index >= 15 is 0 Å². The monoisotopic (exact) mass is 396 g/mol. The molecule has 0 radical (unpaired) electrons. The van der Waals surface area contributed by atoms with E-state index < -0.39 is 24.5 Å².